The molecule has 6 nitrogen and oxygen atoms in total. The SMILES string of the molecule is CC[C@H](Oc1ccccc1F)C(=O)Nc1ccc2c(c1)n(C)c(=O)n2C. The van der Waals surface area contributed by atoms with Gasteiger partial charge in [-0.1, -0.05) is 19.1 Å². The van der Waals surface area contributed by atoms with Crippen LogP contribution < -0.4 is 15.7 Å². The number of hydrogen-bond donors (Lipinski definition) is 1. The number of carbonyl (C=O) groups is 1. The number of fused-ring (bicyclic) bond motifs is 1. The van der Waals surface area contributed by atoms with Gasteiger partial charge in [0.2, 0.25) is 0 Å². The number of benzene rings is 2. The van der Waals surface area contributed by atoms with E-state index >= 15 is 0 Å². The lowest BCUT2D eigenvalue weighted by molar-refractivity contribution is -0.122. The van der Waals surface area contributed by atoms with Gasteiger partial charge >= 0.3 is 5.69 Å². The van der Waals surface area contributed by atoms with E-state index in [4.69, 9.17) is 4.74 Å². The quantitative estimate of drug-likeness (QED) is 0.764. The molecule has 3 aromatic rings. The van der Waals surface area contributed by atoms with Crippen LogP contribution in [0.3, 0.4) is 0 Å². The summed E-state index contributed by atoms with van der Waals surface area (Å²) in [7, 11) is 3.37. The van der Waals surface area contributed by atoms with Crippen LogP contribution >= 0.6 is 0 Å². The highest BCUT2D eigenvalue weighted by Crippen LogP contribution is 2.21. The number of amides is 1. The van der Waals surface area contributed by atoms with Crippen LogP contribution in [0, 0.1) is 5.82 Å². The highest BCUT2D eigenvalue weighted by molar-refractivity contribution is 5.96. The molecular formula is C19H20FN3O3. The summed E-state index contributed by atoms with van der Waals surface area (Å²) in [5.74, 6) is -0.856. The second kappa shape index (κ2) is 7.03. The monoisotopic (exact) mass is 357 g/mol. The molecule has 0 aliphatic carbocycles. The number of imidazole rings is 1. The zero-order valence-corrected chi connectivity index (χ0v) is 14.8. The molecule has 0 aliphatic heterocycles. The molecule has 1 N–H and O–H groups in total. The first-order valence-corrected chi connectivity index (χ1v) is 8.30. The molecule has 0 fully saturated rings. The largest absolute Gasteiger partial charge is 0.478 e. The first kappa shape index (κ1) is 17.7. The summed E-state index contributed by atoms with van der Waals surface area (Å²) >= 11 is 0. The zero-order chi connectivity index (χ0) is 18.8. The van der Waals surface area contributed by atoms with E-state index in [0.717, 1.165) is 5.52 Å². The van der Waals surface area contributed by atoms with Crippen LogP contribution in [0.1, 0.15) is 13.3 Å². The van der Waals surface area contributed by atoms with Crippen LogP contribution in [0.5, 0.6) is 5.75 Å². The number of para-hydroxylation sites is 1. The first-order valence-electron chi connectivity index (χ1n) is 8.30. The Morgan fingerprint density at radius 1 is 1.15 bits per heavy atom. The molecule has 7 heteroatoms. The Morgan fingerprint density at radius 3 is 2.54 bits per heavy atom. The Morgan fingerprint density at radius 2 is 1.85 bits per heavy atom. The molecule has 0 saturated carbocycles. The number of anilines is 1. The number of aromatic nitrogens is 2. The van der Waals surface area contributed by atoms with Crippen molar-refractivity contribution in [3.63, 3.8) is 0 Å². The van der Waals surface area contributed by atoms with Crippen molar-refractivity contribution in [2.24, 2.45) is 14.1 Å². The predicted molar refractivity (Wildman–Crippen MR) is 97.9 cm³/mol. The molecule has 0 saturated heterocycles. The summed E-state index contributed by atoms with van der Waals surface area (Å²) in [5, 5.41) is 2.77. The van der Waals surface area contributed by atoms with E-state index in [-0.39, 0.29) is 17.3 Å². The maximum Gasteiger partial charge on any atom is 0.328 e. The van der Waals surface area contributed by atoms with Crippen molar-refractivity contribution in [3.05, 3.63) is 58.8 Å². The number of ether oxygens (including phenoxy) is 1. The van der Waals surface area contributed by atoms with E-state index in [1.165, 1.54) is 21.3 Å². The third-order valence-electron chi connectivity index (χ3n) is 4.31. The smallest absolute Gasteiger partial charge is 0.328 e. The van der Waals surface area contributed by atoms with Gasteiger partial charge in [0.25, 0.3) is 5.91 Å². The minimum absolute atomic E-state index is 0.0374. The molecular weight excluding hydrogens is 337 g/mol. The van der Waals surface area contributed by atoms with E-state index in [2.05, 4.69) is 5.32 Å². The Kier molecular flexibility index (Phi) is 4.79. The van der Waals surface area contributed by atoms with Gasteiger partial charge in [0.15, 0.2) is 17.7 Å². The molecule has 26 heavy (non-hydrogen) atoms. The summed E-state index contributed by atoms with van der Waals surface area (Å²) in [6.45, 7) is 1.79. The van der Waals surface area contributed by atoms with Crippen LogP contribution in [0.25, 0.3) is 11.0 Å². The number of aryl methyl sites for hydroxylation is 2. The van der Waals surface area contributed by atoms with Crippen molar-refractivity contribution in [3.8, 4) is 5.75 Å². The molecule has 0 spiro atoms. The molecule has 0 aliphatic rings. The molecule has 0 radical (unpaired) electrons. The van der Waals surface area contributed by atoms with Gasteiger partial charge in [-0.05, 0) is 36.8 Å². The van der Waals surface area contributed by atoms with Gasteiger partial charge in [0.05, 0.1) is 11.0 Å². The van der Waals surface area contributed by atoms with Crippen molar-refractivity contribution in [2.45, 2.75) is 19.4 Å². The van der Waals surface area contributed by atoms with E-state index in [9.17, 15) is 14.0 Å². The lowest BCUT2D eigenvalue weighted by Crippen LogP contribution is -2.32. The third kappa shape index (κ3) is 3.20. The average Bonchev–Trinajstić information content (AvgIpc) is 2.85. The lowest BCUT2D eigenvalue weighted by atomic mass is 10.2. The zero-order valence-electron chi connectivity index (χ0n) is 14.8. The summed E-state index contributed by atoms with van der Waals surface area (Å²) in [5.41, 5.74) is 1.88. The minimum Gasteiger partial charge on any atom is -0.478 e. The minimum atomic E-state index is -0.831. The second-order valence-electron chi connectivity index (χ2n) is 6.04. The molecule has 1 aromatic heterocycles. The highest BCUT2D eigenvalue weighted by atomic mass is 19.1. The normalized spacial score (nSPS) is 12.2. The standard InChI is InChI=1S/C19H20FN3O3/c1-4-16(26-17-8-6-5-7-13(17)20)18(24)21-12-9-10-14-15(11-12)23(3)19(25)22(14)2/h5-11,16H,4H2,1-3H3,(H,21,24)/t16-/m0/s1. The van der Waals surface area contributed by atoms with Crippen molar-refractivity contribution in [2.75, 3.05) is 5.32 Å². The molecule has 1 atom stereocenters. The van der Waals surface area contributed by atoms with Crippen LogP contribution in [0.15, 0.2) is 47.3 Å². The second-order valence-corrected chi connectivity index (χ2v) is 6.04. The Bertz CT molecular complexity index is 1020. The summed E-state index contributed by atoms with van der Waals surface area (Å²) in [6, 6.07) is 11.2. The van der Waals surface area contributed by atoms with Gasteiger partial charge in [-0.25, -0.2) is 9.18 Å². The highest BCUT2D eigenvalue weighted by Gasteiger charge is 2.20. The fourth-order valence-electron chi connectivity index (χ4n) is 2.82. The van der Waals surface area contributed by atoms with Crippen LogP contribution in [-0.2, 0) is 18.9 Å². The number of hydrogen-bond acceptors (Lipinski definition) is 3. The average molecular weight is 357 g/mol. The molecule has 2 aromatic carbocycles. The number of nitrogens with zero attached hydrogens (tertiary/aromatic N) is 2. The van der Waals surface area contributed by atoms with Crippen molar-refractivity contribution < 1.29 is 13.9 Å². The van der Waals surface area contributed by atoms with E-state index in [1.807, 2.05) is 0 Å². The van der Waals surface area contributed by atoms with Crippen LogP contribution in [-0.4, -0.2) is 21.1 Å². The van der Waals surface area contributed by atoms with Gasteiger partial charge in [-0.3, -0.25) is 13.9 Å². The van der Waals surface area contributed by atoms with Gasteiger partial charge < -0.3 is 10.1 Å². The van der Waals surface area contributed by atoms with Gasteiger partial charge in [0, 0.05) is 19.8 Å². The van der Waals surface area contributed by atoms with Gasteiger partial charge in [0.1, 0.15) is 0 Å². The summed E-state index contributed by atoms with van der Waals surface area (Å²) < 4.78 is 22.3. The molecule has 0 unspecified atom stereocenters. The number of nitrogens with one attached hydrogen (secondary N) is 1. The Hall–Kier alpha value is -3.09. The van der Waals surface area contributed by atoms with E-state index in [0.29, 0.717) is 17.6 Å². The van der Waals surface area contributed by atoms with E-state index in [1.54, 1.807) is 51.4 Å². The summed E-state index contributed by atoms with van der Waals surface area (Å²) in [4.78, 5) is 24.5. The van der Waals surface area contributed by atoms with Crippen molar-refractivity contribution >= 4 is 22.6 Å². The summed E-state index contributed by atoms with van der Waals surface area (Å²) in [6.07, 6.45) is -0.450. The van der Waals surface area contributed by atoms with Gasteiger partial charge in [-0.15, -0.1) is 0 Å². The third-order valence-corrected chi connectivity index (χ3v) is 4.31. The number of rotatable bonds is 5. The topological polar surface area (TPSA) is 65.3 Å². The fraction of sp³-hybridized carbons (Fsp3) is 0.263. The predicted octanol–water partition coefficient (Wildman–Crippen LogP) is 2.81. The molecule has 1 amide bonds. The molecule has 136 valence electrons. The molecule has 0 bridgehead atoms. The fourth-order valence-corrected chi connectivity index (χ4v) is 2.82. The Labute approximate surface area is 149 Å². The lowest BCUT2D eigenvalue weighted by Gasteiger charge is -2.17. The van der Waals surface area contributed by atoms with Crippen molar-refractivity contribution in [1.29, 1.82) is 0 Å². The first-order chi connectivity index (χ1) is 12.4. The van der Waals surface area contributed by atoms with E-state index < -0.39 is 11.9 Å². The van der Waals surface area contributed by atoms with Crippen LogP contribution in [0.4, 0.5) is 10.1 Å². The van der Waals surface area contributed by atoms with Crippen molar-refractivity contribution in [1.82, 2.24) is 9.13 Å². The molecule has 3 rings (SSSR count). The van der Waals surface area contributed by atoms with Gasteiger partial charge in [-0.2, -0.15) is 0 Å². The Balaban J connectivity index is 1.82. The maximum atomic E-state index is 13.7. The maximum absolute atomic E-state index is 13.7. The number of halogens is 1. The van der Waals surface area contributed by atoms with Crippen LogP contribution in [0.2, 0.25) is 0 Å². The number of carbonyl (C=O) groups excluding carboxylic acids is 1. The molecule has 1 heterocycles.